The number of rotatable bonds is 6. The molecule has 2 atom stereocenters. The number of nitrogens with zero attached hydrogens (tertiary/aromatic N) is 7. The lowest BCUT2D eigenvalue weighted by molar-refractivity contribution is -0.0168. The predicted molar refractivity (Wildman–Crippen MR) is 137 cm³/mol. The van der Waals surface area contributed by atoms with E-state index in [4.69, 9.17) is 4.74 Å². The molecular formula is C26H25F3N8O2. The maximum Gasteiger partial charge on any atom is 0.294 e. The Morgan fingerprint density at radius 2 is 1.87 bits per heavy atom. The maximum absolute atomic E-state index is 14.5. The van der Waals surface area contributed by atoms with E-state index in [0.717, 1.165) is 23.9 Å². The van der Waals surface area contributed by atoms with E-state index in [1.807, 2.05) is 11.8 Å². The number of imidazole rings is 1. The summed E-state index contributed by atoms with van der Waals surface area (Å²) in [5.41, 5.74) is 1.05. The second kappa shape index (κ2) is 9.49. The van der Waals surface area contributed by atoms with Crippen molar-refractivity contribution >= 4 is 28.9 Å². The summed E-state index contributed by atoms with van der Waals surface area (Å²) in [4.78, 5) is 29.2. The van der Waals surface area contributed by atoms with Crippen LogP contribution >= 0.6 is 0 Å². The molecule has 0 bridgehead atoms. The van der Waals surface area contributed by atoms with Crippen LogP contribution in [0.25, 0.3) is 5.65 Å². The molecule has 0 unspecified atom stereocenters. The van der Waals surface area contributed by atoms with E-state index in [1.165, 1.54) is 10.7 Å². The molecule has 0 aliphatic carbocycles. The number of alkyl halides is 1. The number of ether oxygens (including phenoxy) is 1. The SMILES string of the molecule is COC1(C)CN(c2cnc(C(=O)Nc3cnc4ccc(N5C[C@@H](F)C[C@@H]5c5cc(F)ccc5F)nn34)nc2)C1. The fourth-order valence-electron chi connectivity index (χ4n) is 5.05. The molecule has 1 amide bonds. The molecule has 0 radical (unpaired) electrons. The molecule has 1 N–H and O–H groups in total. The molecule has 2 saturated heterocycles. The van der Waals surface area contributed by atoms with Crippen LogP contribution in [0.5, 0.6) is 0 Å². The normalized spacial score (nSPS) is 20.3. The molecule has 1 aromatic carbocycles. The summed E-state index contributed by atoms with van der Waals surface area (Å²) >= 11 is 0. The van der Waals surface area contributed by atoms with Gasteiger partial charge in [-0.1, -0.05) is 0 Å². The van der Waals surface area contributed by atoms with Gasteiger partial charge in [0.05, 0.1) is 42.5 Å². The molecule has 2 aliphatic rings. The van der Waals surface area contributed by atoms with Crippen molar-refractivity contribution in [1.29, 1.82) is 0 Å². The fraction of sp³-hybridized carbons (Fsp3) is 0.346. The monoisotopic (exact) mass is 538 g/mol. The summed E-state index contributed by atoms with van der Waals surface area (Å²) in [6.07, 6.45) is 3.32. The molecule has 0 spiro atoms. The number of anilines is 3. The highest BCUT2D eigenvalue weighted by Gasteiger charge is 2.39. The van der Waals surface area contributed by atoms with E-state index >= 15 is 0 Å². The minimum atomic E-state index is -1.25. The van der Waals surface area contributed by atoms with Gasteiger partial charge in [0.2, 0.25) is 5.82 Å². The average Bonchev–Trinajstić information content (AvgIpc) is 3.51. The van der Waals surface area contributed by atoms with Crippen LogP contribution in [0.1, 0.15) is 35.6 Å². The van der Waals surface area contributed by atoms with E-state index in [0.29, 0.717) is 24.6 Å². The molecule has 2 fully saturated rings. The smallest absolute Gasteiger partial charge is 0.294 e. The van der Waals surface area contributed by atoms with Crippen LogP contribution in [0.2, 0.25) is 0 Å². The Morgan fingerprint density at radius 3 is 2.62 bits per heavy atom. The third kappa shape index (κ3) is 4.62. The third-order valence-corrected chi connectivity index (χ3v) is 7.20. The molecule has 5 heterocycles. The van der Waals surface area contributed by atoms with Gasteiger partial charge in [0, 0.05) is 32.2 Å². The lowest BCUT2D eigenvalue weighted by atomic mass is 9.96. The van der Waals surface area contributed by atoms with E-state index in [1.54, 1.807) is 36.5 Å². The van der Waals surface area contributed by atoms with Crippen molar-refractivity contribution in [2.45, 2.75) is 31.2 Å². The van der Waals surface area contributed by atoms with Crippen LogP contribution < -0.4 is 15.1 Å². The number of carbonyl (C=O) groups is 1. The Labute approximate surface area is 221 Å². The second-order valence-corrected chi connectivity index (χ2v) is 10.0. The number of hydrogen-bond acceptors (Lipinski definition) is 8. The van der Waals surface area contributed by atoms with Crippen molar-refractivity contribution in [2.75, 3.05) is 41.9 Å². The maximum atomic E-state index is 14.5. The number of halogens is 3. The second-order valence-electron chi connectivity index (χ2n) is 10.0. The van der Waals surface area contributed by atoms with Crippen LogP contribution in [-0.2, 0) is 4.74 Å². The lowest BCUT2D eigenvalue weighted by Crippen LogP contribution is -2.61. The first-order valence-corrected chi connectivity index (χ1v) is 12.4. The standard InChI is InChI=1S/C26H25F3N8O2/c1-26(39-2)13-35(14-26)17-9-31-24(32-10-17)25(38)33-23-11-30-21-5-6-22(34-37(21)23)36-12-16(28)8-20(36)18-7-15(27)3-4-19(18)29/h3-7,9-11,16,20H,8,12-14H2,1-2H3,(H,33,38)/t16-,20+/m0/s1. The molecule has 39 heavy (non-hydrogen) atoms. The summed E-state index contributed by atoms with van der Waals surface area (Å²) in [6.45, 7) is 3.36. The summed E-state index contributed by atoms with van der Waals surface area (Å²) < 4.78 is 49.7. The first-order valence-electron chi connectivity index (χ1n) is 12.4. The number of aromatic nitrogens is 5. The topological polar surface area (TPSA) is 101 Å². The molecule has 3 aromatic heterocycles. The molecule has 202 valence electrons. The Balaban J connectivity index is 1.22. The zero-order valence-electron chi connectivity index (χ0n) is 21.2. The predicted octanol–water partition coefficient (Wildman–Crippen LogP) is 3.56. The van der Waals surface area contributed by atoms with Gasteiger partial charge in [-0.3, -0.25) is 4.79 Å². The zero-order valence-corrected chi connectivity index (χ0v) is 21.2. The number of benzene rings is 1. The summed E-state index contributed by atoms with van der Waals surface area (Å²) in [5, 5.41) is 7.23. The van der Waals surface area contributed by atoms with Crippen molar-refractivity contribution < 1.29 is 22.7 Å². The van der Waals surface area contributed by atoms with E-state index < -0.39 is 29.8 Å². The first kappa shape index (κ1) is 25.0. The molecule has 10 nitrogen and oxygen atoms in total. The van der Waals surface area contributed by atoms with Crippen molar-refractivity contribution in [1.82, 2.24) is 24.6 Å². The number of nitrogens with one attached hydrogen (secondary N) is 1. The lowest BCUT2D eigenvalue weighted by Gasteiger charge is -2.47. The zero-order chi connectivity index (χ0) is 27.3. The van der Waals surface area contributed by atoms with Gasteiger partial charge in [-0.15, -0.1) is 5.10 Å². The molecule has 13 heteroatoms. The van der Waals surface area contributed by atoms with Gasteiger partial charge in [0.25, 0.3) is 5.91 Å². The van der Waals surface area contributed by atoms with Gasteiger partial charge >= 0.3 is 0 Å². The summed E-state index contributed by atoms with van der Waals surface area (Å²) in [5.74, 6) is -1.27. The van der Waals surface area contributed by atoms with Crippen molar-refractivity contribution in [2.24, 2.45) is 0 Å². The minimum absolute atomic E-state index is 0.0108. The van der Waals surface area contributed by atoms with Crippen LogP contribution in [0.4, 0.5) is 30.5 Å². The van der Waals surface area contributed by atoms with E-state index in [2.05, 4.69) is 25.4 Å². The molecule has 6 rings (SSSR count). The quantitative estimate of drug-likeness (QED) is 0.398. The fourth-order valence-corrected chi connectivity index (χ4v) is 5.05. The van der Waals surface area contributed by atoms with Gasteiger partial charge in [-0.05, 0) is 37.3 Å². The van der Waals surface area contributed by atoms with Gasteiger partial charge in [0.1, 0.15) is 23.6 Å². The van der Waals surface area contributed by atoms with Gasteiger partial charge in [-0.2, -0.15) is 4.52 Å². The van der Waals surface area contributed by atoms with Gasteiger partial charge in [0.15, 0.2) is 11.5 Å². The van der Waals surface area contributed by atoms with Gasteiger partial charge < -0.3 is 19.9 Å². The number of hydrogen-bond donors (Lipinski definition) is 1. The Morgan fingerprint density at radius 1 is 1.10 bits per heavy atom. The van der Waals surface area contributed by atoms with Gasteiger partial charge in [-0.25, -0.2) is 28.1 Å². The van der Waals surface area contributed by atoms with Crippen LogP contribution in [0.3, 0.4) is 0 Å². The van der Waals surface area contributed by atoms with Crippen molar-refractivity contribution in [3.8, 4) is 0 Å². The number of carbonyl (C=O) groups excluding carboxylic acids is 1. The Bertz CT molecular complexity index is 1540. The summed E-state index contributed by atoms with van der Waals surface area (Å²) in [7, 11) is 1.67. The highest BCUT2D eigenvalue weighted by atomic mass is 19.1. The number of methoxy groups -OCH3 is 1. The van der Waals surface area contributed by atoms with E-state index in [-0.39, 0.29) is 35.8 Å². The highest BCUT2D eigenvalue weighted by molar-refractivity contribution is 6.01. The van der Waals surface area contributed by atoms with Crippen LogP contribution in [0, 0.1) is 11.6 Å². The molecule has 0 saturated carbocycles. The first-order chi connectivity index (χ1) is 18.7. The third-order valence-electron chi connectivity index (χ3n) is 7.20. The Kier molecular flexibility index (Phi) is 6.09. The van der Waals surface area contributed by atoms with Crippen molar-refractivity contribution in [3.63, 3.8) is 0 Å². The highest BCUT2D eigenvalue weighted by Crippen LogP contribution is 2.38. The van der Waals surface area contributed by atoms with Crippen LogP contribution in [0.15, 0.2) is 48.9 Å². The number of amides is 1. The molecule has 4 aromatic rings. The number of fused-ring (bicyclic) bond motifs is 1. The van der Waals surface area contributed by atoms with Crippen LogP contribution in [-0.4, -0.2) is 69.0 Å². The van der Waals surface area contributed by atoms with Crippen molar-refractivity contribution in [3.05, 3.63) is 71.9 Å². The summed E-state index contributed by atoms with van der Waals surface area (Å²) in [6, 6.07) is 5.66. The Hall–Kier alpha value is -4.26. The minimum Gasteiger partial charge on any atom is -0.375 e. The molecule has 2 aliphatic heterocycles. The molecular weight excluding hydrogens is 513 g/mol. The van der Waals surface area contributed by atoms with E-state index in [9.17, 15) is 18.0 Å². The average molecular weight is 539 g/mol. The largest absolute Gasteiger partial charge is 0.375 e.